The van der Waals surface area contributed by atoms with Crippen LogP contribution in [0.1, 0.15) is 13.8 Å². The lowest BCUT2D eigenvalue weighted by Crippen LogP contribution is -2.26. The normalized spacial score (nSPS) is 13.5. The number of hydrogen-bond donors (Lipinski definition) is 3. The van der Waals surface area contributed by atoms with E-state index in [9.17, 15) is 0 Å². The highest BCUT2D eigenvalue weighted by molar-refractivity contribution is 6.39. The third kappa shape index (κ3) is 2.45. The van der Waals surface area contributed by atoms with Crippen molar-refractivity contribution in [2.75, 3.05) is 6.54 Å². The Morgan fingerprint density at radius 1 is 1.60 bits per heavy atom. The largest absolute Gasteiger partial charge is 0.411 e. The van der Waals surface area contributed by atoms with Gasteiger partial charge in [-0.2, -0.15) is 0 Å². The second-order valence-corrected chi connectivity index (χ2v) is 1.62. The van der Waals surface area contributed by atoms with E-state index < -0.39 is 0 Å². The number of amidine groups is 1. The lowest BCUT2D eigenvalue weighted by Gasteiger charge is -1.99. The third-order valence-corrected chi connectivity index (χ3v) is 0.915. The standard InChI is InChI=1S/C5H11N3O2/c1-3-6-5(8-10)4(2)7-9/h9-10H,3H2,1-2H3,(H,6,8)/b7-4+. The molecule has 0 saturated carbocycles. The molecule has 0 aliphatic rings. The molecule has 0 amide bonds. The van der Waals surface area contributed by atoms with Gasteiger partial charge >= 0.3 is 0 Å². The van der Waals surface area contributed by atoms with Crippen LogP contribution in [-0.2, 0) is 0 Å². The first-order valence-electron chi connectivity index (χ1n) is 2.89. The van der Waals surface area contributed by atoms with E-state index >= 15 is 0 Å². The molecule has 0 unspecified atom stereocenters. The highest BCUT2D eigenvalue weighted by atomic mass is 16.5. The van der Waals surface area contributed by atoms with Gasteiger partial charge in [0.25, 0.3) is 0 Å². The van der Waals surface area contributed by atoms with Gasteiger partial charge in [-0.25, -0.2) is 0 Å². The average molecular weight is 145 g/mol. The van der Waals surface area contributed by atoms with Crippen LogP contribution >= 0.6 is 0 Å². The van der Waals surface area contributed by atoms with E-state index in [-0.39, 0.29) is 11.5 Å². The molecule has 0 aliphatic heterocycles. The van der Waals surface area contributed by atoms with Gasteiger partial charge in [-0.15, -0.1) is 0 Å². The number of hydroxylamine groups is 1. The average Bonchev–Trinajstić information content (AvgIpc) is 1.99. The molecule has 10 heavy (non-hydrogen) atoms. The molecule has 0 atom stereocenters. The number of oxime groups is 1. The third-order valence-electron chi connectivity index (χ3n) is 0.915. The molecule has 0 rings (SSSR count). The zero-order valence-electron chi connectivity index (χ0n) is 6.00. The molecule has 0 aliphatic carbocycles. The number of aliphatic imine (C=N–C) groups is 1. The molecule has 0 bridgehead atoms. The zero-order valence-corrected chi connectivity index (χ0v) is 6.00. The van der Waals surface area contributed by atoms with Crippen molar-refractivity contribution >= 4 is 11.5 Å². The van der Waals surface area contributed by atoms with E-state index in [4.69, 9.17) is 10.4 Å². The lowest BCUT2D eigenvalue weighted by molar-refractivity contribution is 0.235. The van der Waals surface area contributed by atoms with Gasteiger partial charge in [0.1, 0.15) is 5.71 Å². The molecule has 0 fully saturated rings. The maximum Gasteiger partial charge on any atom is 0.169 e. The summed E-state index contributed by atoms with van der Waals surface area (Å²) in [4.78, 5) is 3.78. The van der Waals surface area contributed by atoms with Crippen molar-refractivity contribution in [1.82, 2.24) is 5.48 Å². The van der Waals surface area contributed by atoms with Gasteiger partial charge in [-0.1, -0.05) is 5.16 Å². The van der Waals surface area contributed by atoms with Gasteiger partial charge in [-0.05, 0) is 13.8 Å². The Labute approximate surface area is 59.0 Å². The van der Waals surface area contributed by atoms with Crippen LogP contribution in [-0.4, -0.2) is 28.5 Å². The Morgan fingerprint density at radius 2 is 2.20 bits per heavy atom. The quantitative estimate of drug-likeness (QED) is 0.225. The Hall–Kier alpha value is -1.10. The second-order valence-electron chi connectivity index (χ2n) is 1.62. The van der Waals surface area contributed by atoms with Gasteiger partial charge in [0.2, 0.25) is 0 Å². The summed E-state index contributed by atoms with van der Waals surface area (Å²) in [6, 6.07) is 0. The van der Waals surface area contributed by atoms with Gasteiger partial charge in [-0.3, -0.25) is 15.7 Å². The van der Waals surface area contributed by atoms with E-state index in [0.29, 0.717) is 6.54 Å². The summed E-state index contributed by atoms with van der Waals surface area (Å²) < 4.78 is 0. The van der Waals surface area contributed by atoms with Crippen LogP contribution in [0.5, 0.6) is 0 Å². The molecule has 3 N–H and O–H groups in total. The molecule has 5 nitrogen and oxygen atoms in total. The summed E-state index contributed by atoms with van der Waals surface area (Å²) in [7, 11) is 0. The minimum atomic E-state index is 0.185. The molecule has 58 valence electrons. The fraction of sp³-hybridized carbons (Fsp3) is 0.600. The predicted octanol–water partition coefficient (Wildman–Crippen LogP) is 0.234. The van der Waals surface area contributed by atoms with Crippen LogP contribution < -0.4 is 5.48 Å². The smallest absolute Gasteiger partial charge is 0.169 e. The molecule has 0 aromatic rings. The van der Waals surface area contributed by atoms with E-state index in [1.54, 1.807) is 0 Å². The molecule has 5 heteroatoms. The Balaban J connectivity index is 4.21. The zero-order chi connectivity index (χ0) is 7.98. The number of rotatable bonds is 2. The Kier molecular flexibility index (Phi) is 4.23. The minimum absolute atomic E-state index is 0.185. The Morgan fingerprint density at radius 3 is 2.50 bits per heavy atom. The van der Waals surface area contributed by atoms with Crippen LogP contribution in [0.25, 0.3) is 0 Å². The molecule has 0 spiro atoms. The minimum Gasteiger partial charge on any atom is -0.411 e. The topological polar surface area (TPSA) is 77.2 Å². The van der Waals surface area contributed by atoms with Crippen molar-refractivity contribution in [3.05, 3.63) is 0 Å². The predicted molar refractivity (Wildman–Crippen MR) is 37.8 cm³/mol. The molecule has 0 heterocycles. The molecule has 0 radical (unpaired) electrons. The van der Waals surface area contributed by atoms with Crippen LogP contribution in [0, 0.1) is 0 Å². The summed E-state index contributed by atoms with van der Waals surface area (Å²) in [6.45, 7) is 3.86. The van der Waals surface area contributed by atoms with Crippen molar-refractivity contribution in [3.8, 4) is 0 Å². The first-order valence-corrected chi connectivity index (χ1v) is 2.89. The summed E-state index contributed by atoms with van der Waals surface area (Å²) in [5.41, 5.74) is 2.07. The fourth-order valence-corrected chi connectivity index (χ4v) is 0.436. The van der Waals surface area contributed by atoms with Crippen molar-refractivity contribution in [1.29, 1.82) is 0 Å². The first-order chi connectivity index (χ1) is 4.76. The van der Waals surface area contributed by atoms with Gasteiger partial charge < -0.3 is 5.21 Å². The number of nitrogens with zero attached hydrogens (tertiary/aromatic N) is 2. The Bertz CT molecular complexity index is 153. The molecule has 0 aromatic carbocycles. The van der Waals surface area contributed by atoms with E-state index in [1.165, 1.54) is 6.92 Å². The summed E-state index contributed by atoms with van der Waals surface area (Å²) in [5.74, 6) is 0.185. The van der Waals surface area contributed by atoms with Crippen molar-refractivity contribution in [2.24, 2.45) is 10.1 Å². The molecule has 0 saturated heterocycles. The highest BCUT2D eigenvalue weighted by Crippen LogP contribution is 1.79. The first kappa shape index (κ1) is 8.90. The van der Waals surface area contributed by atoms with Crippen LogP contribution in [0.2, 0.25) is 0 Å². The fourth-order valence-electron chi connectivity index (χ4n) is 0.436. The number of hydrogen-bond acceptors (Lipinski definition) is 4. The van der Waals surface area contributed by atoms with E-state index in [0.717, 1.165) is 0 Å². The lowest BCUT2D eigenvalue weighted by atomic mass is 10.4. The molecular weight excluding hydrogens is 134 g/mol. The van der Waals surface area contributed by atoms with Gasteiger partial charge in [0.15, 0.2) is 5.84 Å². The maximum atomic E-state index is 8.39. The van der Waals surface area contributed by atoms with E-state index in [2.05, 4.69) is 10.1 Å². The number of nitrogens with one attached hydrogen (secondary N) is 1. The van der Waals surface area contributed by atoms with Crippen molar-refractivity contribution in [3.63, 3.8) is 0 Å². The summed E-state index contributed by atoms with van der Waals surface area (Å²) in [5, 5.41) is 19.4. The van der Waals surface area contributed by atoms with Crippen molar-refractivity contribution in [2.45, 2.75) is 13.8 Å². The van der Waals surface area contributed by atoms with Gasteiger partial charge in [0, 0.05) is 6.54 Å². The SMILES string of the molecule is CCN=C(NO)/C(C)=N/O. The molecular formula is C5H11N3O2. The molecule has 0 aromatic heterocycles. The van der Waals surface area contributed by atoms with Crippen molar-refractivity contribution < 1.29 is 10.4 Å². The summed E-state index contributed by atoms with van der Waals surface area (Å²) in [6.07, 6.45) is 0. The summed E-state index contributed by atoms with van der Waals surface area (Å²) >= 11 is 0. The second kappa shape index (κ2) is 4.75. The van der Waals surface area contributed by atoms with E-state index in [1.807, 2.05) is 12.4 Å². The maximum absolute atomic E-state index is 8.39. The van der Waals surface area contributed by atoms with Crippen LogP contribution in [0.3, 0.4) is 0 Å². The van der Waals surface area contributed by atoms with Crippen LogP contribution in [0.4, 0.5) is 0 Å². The highest BCUT2D eigenvalue weighted by Gasteiger charge is 1.99. The van der Waals surface area contributed by atoms with Gasteiger partial charge in [0.05, 0.1) is 0 Å². The van der Waals surface area contributed by atoms with Crippen LogP contribution in [0.15, 0.2) is 10.1 Å². The monoisotopic (exact) mass is 145 g/mol.